The van der Waals surface area contributed by atoms with E-state index in [2.05, 4.69) is 73.9 Å². The summed E-state index contributed by atoms with van der Waals surface area (Å²) >= 11 is 2.10. The first kappa shape index (κ1) is 16.9. The molecule has 0 aliphatic carbocycles. The fraction of sp³-hybridized carbons (Fsp3) is 0.667. The summed E-state index contributed by atoms with van der Waals surface area (Å²) in [4.78, 5) is 2.59. The lowest BCUT2D eigenvalue weighted by Gasteiger charge is -2.37. The maximum Gasteiger partial charge on any atom is 0.0234 e. The molecule has 1 aliphatic heterocycles. The summed E-state index contributed by atoms with van der Waals surface area (Å²) < 4.78 is 0.401. The van der Waals surface area contributed by atoms with E-state index in [0.717, 1.165) is 19.6 Å². The van der Waals surface area contributed by atoms with Gasteiger partial charge in [0.15, 0.2) is 0 Å². The Bertz CT molecular complexity index is 427. The summed E-state index contributed by atoms with van der Waals surface area (Å²) in [6, 6.07) is 9.24. The van der Waals surface area contributed by atoms with Crippen molar-refractivity contribution >= 4 is 11.8 Å². The van der Waals surface area contributed by atoms with Gasteiger partial charge in [-0.15, -0.1) is 0 Å². The van der Waals surface area contributed by atoms with E-state index in [1.165, 1.54) is 30.0 Å². The number of hydrogen-bond donors (Lipinski definition) is 1. The topological polar surface area (TPSA) is 15.3 Å². The number of hydrogen-bond acceptors (Lipinski definition) is 3. The van der Waals surface area contributed by atoms with Crippen molar-refractivity contribution in [2.24, 2.45) is 0 Å². The van der Waals surface area contributed by atoms with Gasteiger partial charge in [-0.05, 0) is 37.4 Å². The van der Waals surface area contributed by atoms with Gasteiger partial charge in [-0.3, -0.25) is 4.90 Å². The van der Waals surface area contributed by atoms with E-state index in [1.807, 2.05) is 0 Å². The number of thioether (sulfide) groups is 1. The maximum absolute atomic E-state index is 3.43. The van der Waals surface area contributed by atoms with E-state index in [-0.39, 0.29) is 0 Å². The predicted molar refractivity (Wildman–Crippen MR) is 95.2 cm³/mol. The Balaban J connectivity index is 1.90. The fourth-order valence-electron chi connectivity index (χ4n) is 2.94. The Labute approximate surface area is 134 Å². The first-order valence-corrected chi connectivity index (χ1v) is 9.14. The van der Waals surface area contributed by atoms with Gasteiger partial charge < -0.3 is 5.32 Å². The highest BCUT2D eigenvalue weighted by Crippen LogP contribution is 2.30. The molecule has 0 saturated carbocycles. The van der Waals surface area contributed by atoms with Crippen LogP contribution in [0.25, 0.3) is 0 Å². The van der Waals surface area contributed by atoms with Gasteiger partial charge in [0.1, 0.15) is 0 Å². The van der Waals surface area contributed by atoms with Gasteiger partial charge in [0.25, 0.3) is 0 Å². The van der Waals surface area contributed by atoms with Crippen molar-refractivity contribution in [2.45, 2.75) is 44.9 Å². The number of nitrogens with one attached hydrogen (secondary N) is 1. The molecular weight excluding hydrogens is 276 g/mol. The summed E-state index contributed by atoms with van der Waals surface area (Å²) in [5.74, 6) is 1.84. The molecule has 0 radical (unpaired) electrons. The number of likely N-dealkylation sites (N-methyl/N-ethyl adjacent to an activating group) is 1. The minimum atomic E-state index is 0.401. The first-order chi connectivity index (χ1) is 10.00. The highest BCUT2D eigenvalue weighted by molar-refractivity contribution is 8.00. The van der Waals surface area contributed by atoms with Crippen molar-refractivity contribution in [2.75, 3.05) is 31.9 Å². The van der Waals surface area contributed by atoms with Crippen LogP contribution in [-0.4, -0.2) is 41.6 Å². The van der Waals surface area contributed by atoms with E-state index in [0.29, 0.717) is 10.7 Å². The molecule has 21 heavy (non-hydrogen) atoms. The fourth-order valence-corrected chi connectivity index (χ4v) is 4.11. The molecule has 0 aromatic heterocycles. The Hall–Kier alpha value is -0.510. The van der Waals surface area contributed by atoms with Crippen molar-refractivity contribution in [1.82, 2.24) is 10.2 Å². The van der Waals surface area contributed by atoms with Gasteiger partial charge >= 0.3 is 0 Å². The second-order valence-electron chi connectivity index (χ2n) is 6.77. The third-order valence-corrected chi connectivity index (χ3v) is 5.46. The smallest absolute Gasteiger partial charge is 0.0234 e. The second kappa shape index (κ2) is 7.66. The van der Waals surface area contributed by atoms with E-state index < -0.39 is 0 Å². The SMILES string of the molecule is CCNCC(C)c1ccc(CN2CCSC(C)(C)C2)cc1. The monoisotopic (exact) mass is 306 g/mol. The molecule has 1 atom stereocenters. The Morgan fingerprint density at radius 2 is 2.00 bits per heavy atom. The van der Waals surface area contributed by atoms with Crippen molar-refractivity contribution in [1.29, 1.82) is 0 Å². The minimum absolute atomic E-state index is 0.401. The number of rotatable bonds is 6. The molecule has 1 aliphatic rings. The lowest BCUT2D eigenvalue weighted by Crippen LogP contribution is -2.42. The summed E-state index contributed by atoms with van der Waals surface area (Å²) in [7, 11) is 0. The van der Waals surface area contributed by atoms with Crippen LogP contribution in [0, 0.1) is 0 Å². The molecule has 1 N–H and O–H groups in total. The number of benzene rings is 1. The zero-order valence-corrected chi connectivity index (χ0v) is 14.8. The van der Waals surface area contributed by atoms with Gasteiger partial charge in [-0.1, -0.05) is 38.1 Å². The summed E-state index contributed by atoms with van der Waals surface area (Å²) in [5, 5.41) is 3.43. The van der Waals surface area contributed by atoms with Crippen molar-refractivity contribution in [3.8, 4) is 0 Å². The molecular formula is C18H30N2S. The molecule has 118 valence electrons. The van der Waals surface area contributed by atoms with Crippen LogP contribution in [0.4, 0.5) is 0 Å². The van der Waals surface area contributed by atoms with Crippen molar-refractivity contribution in [3.05, 3.63) is 35.4 Å². The Morgan fingerprint density at radius 1 is 1.29 bits per heavy atom. The van der Waals surface area contributed by atoms with Crippen LogP contribution in [0.3, 0.4) is 0 Å². The molecule has 1 aromatic rings. The zero-order chi connectivity index (χ0) is 15.3. The van der Waals surface area contributed by atoms with Crippen LogP contribution < -0.4 is 5.32 Å². The molecule has 0 spiro atoms. The van der Waals surface area contributed by atoms with Gasteiger partial charge in [-0.25, -0.2) is 0 Å². The van der Waals surface area contributed by atoms with E-state index in [9.17, 15) is 0 Å². The van der Waals surface area contributed by atoms with E-state index in [4.69, 9.17) is 0 Å². The molecule has 3 heteroatoms. The molecule has 2 rings (SSSR count). The average molecular weight is 307 g/mol. The summed E-state index contributed by atoms with van der Waals surface area (Å²) in [5.41, 5.74) is 2.88. The van der Waals surface area contributed by atoms with Gasteiger partial charge in [0.2, 0.25) is 0 Å². The standard InChI is InChI=1S/C18H30N2S/c1-5-19-12-15(2)17-8-6-16(7-9-17)13-20-10-11-21-18(3,4)14-20/h6-9,15,19H,5,10-14H2,1-4H3. The molecule has 1 unspecified atom stereocenters. The highest BCUT2D eigenvalue weighted by atomic mass is 32.2. The number of nitrogens with zero attached hydrogens (tertiary/aromatic N) is 1. The molecule has 0 amide bonds. The third kappa shape index (κ3) is 5.32. The lowest BCUT2D eigenvalue weighted by atomic mass is 9.99. The molecule has 1 aromatic carbocycles. The van der Waals surface area contributed by atoms with Gasteiger partial charge in [0.05, 0.1) is 0 Å². The van der Waals surface area contributed by atoms with Crippen LogP contribution in [0.15, 0.2) is 24.3 Å². The van der Waals surface area contributed by atoms with Crippen LogP contribution in [-0.2, 0) is 6.54 Å². The van der Waals surface area contributed by atoms with Crippen molar-refractivity contribution in [3.63, 3.8) is 0 Å². The molecule has 0 bridgehead atoms. The minimum Gasteiger partial charge on any atom is -0.316 e. The molecule has 1 fully saturated rings. The molecule has 1 heterocycles. The average Bonchev–Trinajstić information content (AvgIpc) is 2.44. The summed E-state index contributed by atoms with van der Waals surface area (Å²) in [6.07, 6.45) is 0. The van der Waals surface area contributed by atoms with Crippen LogP contribution in [0.5, 0.6) is 0 Å². The van der Waals surface area contributed by atoms with E-state index >= 15 is 0 Å². The van der Waals surface area contributed by atoms with Crippen LogP contribution in [0.1, 0.15) is 44.7 Å². The highest BCUT2D eigenvalue weighted by Gasteiger charge is 2.26. The zero-order valence-electron chi connectivity index (χ0n) is 14.0. The first-order valence-electron chi connectivity index (χ1n) is 8.16. The second-order valence-corrected chi connectivity index (χ2v) is 8.57. The Morgan fingerprint density at radius 3 is 2.62 bits per heavy atom. The lowest BCUT2D eigenvalue weighted by molar-refractivity contribution is 0.252. The van der Waals surface area contributed by atoms with Gasteiger partial charge in [0, 0.05) is 36.7 Å². The largest absolute Gasteiger partial charge is 0.316 e. The molecule has 2 nitrogen and oxygen atoms in total. The van der Waals surface area contributed by atoms with Gasteiger partial charge in [-0.2, -0.15) is 11.8 Å². The van der Waals surface area contributed by atoms with E-state index in [1.54, 1.807) is 0 Å². The predicted octanol–water partition coefficient (Wildman–Crippen LogP) is 3.73. The quantitative estimate of drug-likeness (QED) is 0.862. The Kier molecular flexibility index (Phi) is 6.15. The third-order valence-electron chi connectivity index (χ3n) is 4.16. The van der Waals surface area contributed by atoms with Crippen LogP contribution in [0.2, 0.25) is 0 Å². The summed E-state index contributed by atoms with van der Waals surface area (Å²) in [6.45, 7) is 14.8. The normalized spacial score (nSPS) is 20.4. The maximum atomic E-state index is 3.43. The van der Waals surface area contributed by atoms with Crippen molar-refractivity contribution < 1.29 is 0 Å². The van der Waals surface area contributed by atoms with Crippen LogP contribution >= 0.6 is 11.8 Å². The molecule has 1 saturated heterocycles.